The molecule has 0 spiro atoms. The van der Waals surface area contributed by atoms with Gasteiger partial charge in [-0.2, -0.15) is 5.26 Å². The van der Waals surface area contributed by atoms with Gasteiger partial charge in [0.1, 0.15) is 33.4 Å². The fraction of sp³-hybridized carbons (Fsp3) is 0.250. The Kier molecular flexibility index (Phi) is 16.7. The number of hydrogen-bond acceptors (Lipinski definition) is 14. The highest BCUT2D eigenvalue weighted by atomic mass is 35.5. The van der Waals surface area contributed by atoms with Crippen LogP contribution in [0, 0.1) is 11.3 Å². The number of benzene rings is 4. The molecule has 1 amide bonds. The number of carbonyl (C=O) groups is 1. The van der Waals surface area contributed by atoms with Crippen molar-refractivity contribution in [3.63, 3.8) is 0 Å². The van der Waals surface area contributed by atoms with E-state index in [0.29, 0.717) is 57.8 Å². The van der Waals surface area contributed by atoms with Gasteiger partial charge in [0.15, 0.2) is 22.9 Å². The second-order valence-corrected chi connectivity index (χ2v) is 22.6. The molecule has 6 aromatic heterocycles. The van der Waals surface area contributed by atoms with E-state index < -0.39 is 24.4 Å². The first-order valence-corrected chi connectivity index (χ1v) is 28.0. The number of halogens is 1. The van der Waals surface area contributed by atoms with E-state index in [1.165, 1.54) is 30.4 Å². The van der Waals surface area contributed by atoms with E-state index in [-0.39, 0.29) is 5.41 Å². The van der Waals surface area contributed by atoms with E-state index in [2.05, 4.69) is 80.3 Å². The standard InChI is InChI=1S/C30H30N6.C26H27ClN6O2.C8H8BNO2/c1-30(15-4-16-30)22-8-10-23(11-9-22)36-28(24-7-3-18-33-27(24)32)35-26-13-12-25(34-29(26)36)21-6-2-5-20(19-21)14-17-31;1-25(2,3)35-24(34)32-26(13-5-14-26)16-7-9-17(10-8-16)33-22(18-6-4-15-29-21(18)28)30-19-11-12-20(27)31-23(19)33;10-5-4-7-2-1-3-8(6-7)9(11)12/h2-3,5-13,18-19H,4,14-17,31H2,1H3,(H2,32,33);4,6-12,15H,5,13-14H2,1-3H3,(H2,28,29)(H,32,34);1-3,6,11-12H,4H2. The average molecular weight is 1130 g/mol. The van der Waals surface area contributed by atoms with Crippen molar-refractivity contribution in [2.45, 2.75) is 95.6 Å². The first-order valence-electron chi connectivity index (χ1n) is 27.7. The number of nitrogens with two attached hydrogens (primary N) is 3. The lowest BCUT2D eigenvalue weighted by Gasteiger charge is -2.43. The second-order valence-electron chi connectivity index (χ2n) is 22.2. The number of ether oxygens (including phenoxy) is 1. The monoisotopic (exact) mass is 1130 g/mol. The van der Waals surface area contributed by atoms with Gasteiger partial charge in [-0.3, -0.25) is 9.13 Å². The van der Waals surface area contributed by atoms with Gasteiger partial charge in [0, 0.05) is 29.3 Å². The summed E-state index contributed by atoms with van der Waals surface area (Å²) < 4.78 is 9.53. The first kappa shape index (κ1) is 57.3. The van der Waals surface area contributed by atoms with Gasteiger partial charge >= 0.3 is 13.2 Å². The molecule has 0 aliphatic heterocycles. The van der Waals surface area contributed by atoms with Crippen molar-refractivity contribution in [1.29, 1.82) is 5.26 Å². The molecule has 19 heteroatoms. The normalized spacial score (nSPS) is 14.0. The summed E-state index contributed by atoms with van der Waals surface area (Å²) in [6.45, 7) is 8.55. The lowest BCUT2D eigenvalue weighted by molar-refractivity contribution is 0.0377. The fourth-order valence-electron chi connectivity index (χ4n) is 10.6. The first-order chi connectivity index (χ1) is 39.9. The molecule has 17 nitrogen and oxygen atoms in total. The number of pyridine rings is 4. The fourth-order valence-corrected chi connectivity index (χ4v) is 10.7. The number of alkyl carbamates (subject to hydrolysis) is 1. The van der Waals surface area contributed by atoms with Crippen LogP contribution in [0.2, 0.25) is 5.15 Å². The molecule has 6 heterocycles. The van der Waals surface area contributed by atoms with Crippen molar-refractivity contribution in [3.05, 3.63) is 185 Å². The smallest absolute Gasteiger partial charge is 0.444 e. The molecule has 4 aromatic carbocycles. The molecular formula is C64H65BClN13O4. The van der Waals surface area contributed by atoms with Crippen molar-refractivity contribution < 1.29 is 19.6 Å². The Morgan fingerprint density at radius 1 is 0.711 bits per heavy atom. The molecular weight excluding hydrogens is 1060 g/mol. The van der Waals surface area contributed by atoms with Crippen molar-refractivity contribution in [2.24, 2.45) is 5.73 Å². The molecule has 12 rings (SSSR count). The van der Waals surface area contributed by atoms with Gasteiger partial charge in [-0.1, -0.05) is 91.7 Å². The van der Waals surface area contributed by atoms with Gasteiger partial charge in [-0.25, -0.2) is 34.7 Å². The molecule has 10 aromatic rings. The summed E-state index contributed by atoms with van der Waals surface area (Å²) in [5.41, 5.74) is 30.6. The molecule has 0 bridgehead atoms. The highest BCUT2D eigenvalue weighted by Gasteiger charge is 2.41. The third kappa shape index (κ3) is 12.6. The Morgan fingerprint density at radius 2 is 1.28 bits per heavy atom. The Labute approximate surface area is 487 Å². The van der Waals surface area contributed by atoms with E-state index in [1.54, 1.807) is 42.7 Å². The number of fused-ring (bicyclic) bond motifs is 2. The summed E-state index contributed by atoms with van der Waals surface area (Å²) in [7, 11) is -1.45. The Morgan fingerprint density at radius 3 is 1.81 bits per heavy atom. The zero-order valence-electron chi connectivity index (χ0n) is 46.8. The van der Waals surface area contributed by atoms with Crippen LogP contribution in [0.5, 0.6) is 0 Å². The van der Waals surface area contributed by atoms with Crippen LogP contribution >= 0.6 is 11.6 Å². The highest BCUT2D eigenvalue weighted by molar-refractivity contribution is 6.58. The lowest BCUT2D eigenvalue weighted by Crippen LogP contribution is -2.52. The van der Waals surface area contributed by atoms with Crippen LogP contribution in [-0.2, 0) is 28.5 Å². The number of hydrogen-bond donors (Lipinski definition) is 6. The molecule has 0 saturated heterocycles. The minimum Gasteiger partial charge on any atom is -0.444 e. The molecule has 2 aliphatic carbocycles. The van der Waals surface area contributed by atoms with Gasteiger partial charge < -0.3 is 37.3 Å². The maximum absolute atomic E-state index is 12.5. The molecule has 0 radical (unpaired) electrons. The number of amides is 1. The number of aromatic nitrogens is 8. The van der Waals surface area contributed by atoms with Crippen LogP contribution in [0.25, 0.3) is 67.7 Å². The average Bonchev–Trinajstić information content (AvgIpc) is 4.25. The van der Waals surface area contributed by atoms with Crippen LogP contribution in [0.15, 0.2) is 158 Å². The second kappa shape index (κ2) is 24.2. The number of rotatable bonds is 12. The molecule has 0 unspecified atom stereocenters. The summed E-state index contributed by atoms with van der Waals surface area (Å²) in [5.74, 6) is 2.18. The summed E-state index contributed by atoms with van der Waals surface area (Å²) in [6.07, 6.45) is 10.6. The van der Waals surface area contributed by atoms with Gasteiger partial charge in [0.2, 0.25) is 0 Å². The van der Waals surface area contributed by atoms with Crippen molar-refractivity contribution in [3.8, 4) is 51.5 Å². The summed E-state index contributed by atoms with van der Waals surface area (Å²) in [5, 5.41) is 29.4. The van der Waals surface area contributed by atoms with Crippen molar-refractivity contribution in [1.82, 2.24) is 44.4 Å². The van der Waals surface area contributed by atoms with Crippen LogP contribution in [0.4, 0.5) is 16.4 Å². The number of imidazole rings is 2. The predicted octanol–water partition coefficient (Wildman–Crippen LogP) is 10.7. The number of nitriles is 1. The quantitative estimate of drug-likeness (QED) is 0.0491. The minimum atomic E-state index is -1.45. The predicted molar refractivity (Wildman–Crippen MR) is 328 cm³/mol. The van der Waals surface area contributed by atoms with E-state index in [9.17, 15) is 4.79 Å². The molecule has 420 valence electrons. The van der Waals surface area contributed by atoms with Crippen LogP contribution in [0.1, 0.15) is 88.5 Å². The Hall–Kier alpha value is -8.99. The van der Waals surface area contributed by atoms with E-state index in [0.717, 1.165) is 82.0 Å². The molecule has 9 N–H and O–H groups in total. The van der Waals surface area contributed by atoms with Gasteiger partial charge in [-0.15, -0.1) is 0 Å². The topological polar surface area (TPSA) is 268 Å². The number of carbonyl (C=O) groups excluding carboxylic acids is 1. The Balaban J connectivity index is 0.000000155. The van der Waals surface area contributed by atoms with E-state index in [1.807, 2.05) is 98.1 Å². The Bertz CT molecular complexity index is 4000. The molecule has 0 atom stereocenters. The van der Waals surface area contributed by atoms with Crippen molar-refractivity contribution in [2.75, 3.05) is 18.0 Å². The van der Waals surface area contributed by atoms with E-state index in [4.69, 9.17) is 63.8 Å². The largest absolute Gasteiger partial charge is 0.488 e. The molecule has 2 aliphatic rings. The van der Waals surface area contributed by atoms with Gasteiger partial charge in [-0.05, 0) is 178 Å². The summed E-state index contributed by atoms with van der Waals surface area (Å²) >= 11 is 6.23. The van der Waals surface area contributed by atoms with Crippen molar-refractivity contribution >= 4 is 64.2 Å². The van der Waals surface area contributed by atoms with Crippen LogP contribution in [0.3, 0.4) is 0 Å². The molecule has 2 saturated carbocycles. The third-order valence-electron chi connectivity index (χ3n) is 15.2. The lowest BCUT2D eigenvalue weighted by atomic mass is 9.66. The SMILES string of the molecule is CC(C)(C)OC(=O)NC1(c2ccc(-n3c(-c4cccnc4N)nc4ccc(Cl)nc43)cc2)CCC1.CC1(c2ccc(-n3c(-c4cccnc4N)nc4ccc(-c5cccc(CCN)c5)nc43)cc2)CCC1.N#CCc1cccc(B(O)O)c1. The maximum Gasteiger partial charge on any atom is 0.488 e. The maximum atomic E-state index is 12.5. The summed E-state index contributed by atoms with van der Waals surface area (Å²) in [4.78, 5) is 40.4. The van der Waals surface area contributed by atoms with Crippen LogP contribution in [-0.4, -0.2) is 74.4 Å². The molecule has 2 fully saturated rings. The number of anilines is 2. The van der Waals surface area contributed by atoms with Crippen LogP contribution < -0.4 is 28.0 Å². The molecule has 83 heavy (non-hydrogen) atoms. The number of nitrogen functional groups attached to an aromatic ring is 2. The number of nitrogens with one attached hydrogen (secondary N) is 1. The highest BCUT2D eigenvalue weighted by Crippen LogP contribution is 2.44. The van der Waals surface area contributed by atoms with Gasteiger partial charge in [0.05, 0.1) is 34.8 Å². The third-order valence-corrected chi connectivity index (χ3v) is 15.4. The minimum absolute atomic E-state index is 0.284. The van der Waals surface area contributed by atoms with E-state index >= 15 is 0 Å². The number of nitrogens with zero attached hydrogens (tertiary/aromatic N) is 9. The van der Waals surface area contributed by atoms with Gasteiger partial charge in [0.25, 0.3) is 0 Å². The zero-order chi connectivity index (χ0) is 58.5. The zero-order valence-corrected chi connectivity index (χ0v) is 47.6. The summed E-state index contributed by atoms with van der Waals surface area (Å²) in [6, 6.07) is 49.1.